The molecule has 6 amide bonds. The van der Waals surface area contributed by atoms with Crippen LogP contribution in [0, 0.1) is 11.8 Å². The van der Waals surface area contributed by atoms with Gasteiger partial charge in [-0.3, -0.25) is 33.7 Å². The van der Waals surface area contributed by atoms with Crippen LogP contribution in [0.5, 0.6) is 0 Å². The molecule has 0 bridgehead atoms. The lowest BCUT2D eigenvalue weighted by atomic mass is 9.89. The molecule has 2 rings (SSSR count). The van der Waals surface area contributed by atoms with Crippen LogP contribution in [0.2, 0.25) is 0 Å². The van der Waals surface area contributed by atoms with Gasteiger partial charge < -0.3 is 32.2 Å². The molecule has 14 heteroatoms. The molecule has 1 aliphatic rings. The molecule has 0 fully saturated rings. The summed E-state index contributed by atoms with van der Waals surface area (Å²) in [6.45, 7) is 4.63. The largest absolute Gasteiger partial charge is 0.461 e. The molecule has 1 aliphatic heterocycles. The molecule has 0 saturated heterocycles. The SMILES string of the molecule is CC(=O)OCc1ccc(NC(=O)[C@H](CCCNC(N)=O)CC(=O)[C@@H](NC(=O)C(CN)N2C(=O)C=CC2=O)C(C)C)cc1. The number of urea groups is 1. The van der Waals surface area contributed by atoms with E-state index in [1.54, 1.807) is 38.1 Å². The summed E-state index contributed by atoms with van der Waals surface area (Å²) < 4.78 is 4.95. The van der Waals surface area contributed by atoms with E-state index in [0.29, 0.717) is 17.7 Å². The second-order valence-electron chi connectivity index (χ2n) is 10.1. The first-order valence-corrected chi connectivity index (χ1v) is 13.5. The molecule has 228 valence electrons. The Bertz CT molecular complexity index is 1200. The minimum absolute atomic E-state index is 0.0808. The van der Waals surface area contributed by atoms with Crippen molar-refractivity contribution in [3.63, 3.8) is 0 Å². The molecule has 1 unspecified atom stereocenters. The van der Waals surface area contributed by atoms with E-state index in [1.807, 2.05) is 0 Å². The Hall–Kier alpha value is -4.59. The first-order valence-electron chi connectivity index (χ1n) is 13.5. The van der Waals surface area contributed by atoms with Crippen molar-refractivity contribution < 1.29 is 38.3 Å². The van der Waals surface area contributed by atoms with Crippen LogP contribution in [0.15, 0.2) is 36.4 Å². The smallest absolute Gasteiger partial charge is 0.312 e. The minimum atomic E-state index is -1.31. The first kappa shape index (κ1) is 33.6. The number of amides is 6. The van der Waals surface area contributed by atoms with E-state index in [1.165, 1.54) is 6.92 Å². The van der Waals surface area contributed by atoms with Gasteiger partial charge in [0.25, 0.3) is 11.8 Å². The molecule has 0 saturated carbocycles. The van der Waals surface area contributed by atoms with Gasteiger partial charge in [0.05, 0.1) is 6.04 Å². The lowest BCUT2D eigenvalue weighted by Gasteiger charge is -2.28. The highest BCUT2D eigenvalue weighted by molar-refractivity contribution is 6.15. The number of hydrogen-bond donors (Lipinski definition) is 5. The summed E-state index contributed by atoms with van der Waals surface area (Å²) in [5.74, 6) is -4.67. The van der Waals surface area contributed by atoms with Crippen LogP contribution < -0.4 is 27.4 Å². The van der Waals surface area contributed by atoms with Crippen LogP contribution in [-0.4, -0.2) is 71.5 Å². The molecule has 0 aliphatic carbocycles. The number of carbonyl (C=O) groups excluding carboxylic acids is 7. The van der Waals surface area contributed by atoms with Gasteiger partial charge in [-0.25, -0.2) is 4.79 Å². The van der Waals surface area contributed by atoms with Gasteiger partial charge in [-0.05, 0) is 36.5 Å². The molecule has 1 heterocycles. The number of Topliss-reactive ketones (excluding diaryl/α,β-unsaturated/α-hetero) is 1. The number of rotatable bonds is 16. The molecule has 0 spiro atoms. The molecule has 0 aromatic heterocycles. The normalized spacial score (nSPS) is 14.7. The number of imide groups is 1. The molecule has 0 radical (unpaired) electrons. The van der Waals surface area contributed by atoms with E-state index in [-0.39, 0.29) is 32.5 Å². The molecule has 3 atom stereocenters. The Kier molecular flexibility index (Phi) is 12.8. The van der Waals surface area contributed by atoms with Gasteiger partial charge in [-0.2, -0.15) is 0 Å². The van der Waals surface area contributed by atoms with Crippen molar-refractivity contribution in [1.29, 1.82) is 0 Å². The molecule has 42 heavy (non-hydrogen) atoms. The summed E-state index contributed by atoms with van der Waals surface area (Å²) in [5, 5.41) is 7.81. The summed E-state index contributed by atoms with van der Waals surface area (Å²) in [4.78, 5) is 86.7. The van der Waals surface area contributed by atoms with Gasteiger partial charge in [0.15, 0.2) is 5.78 Å². The predicted octanol–water partition coefficient (Wildman–Crippen LogP) is 0.105. The topological polar surface area (TPSA) is 220 Å². The fourth-order valence-electron chi connectivity index (χ4n) is 4.29. The van der Waals surface area contributed by atoms with E-state index in [2.05, 4.69) is 16.0 Å². The number of esters is 1. The van der Waals surface area contributed by atoms with Crippen LogP contribution in [0.4, 0.5) is 10.5 Å². The van der Waals surface area contributed by atoms with E-state index in [9.17, 15) is 33.6 Å². The average molecular weight is 587 g/mol. The summed E-state index contributed by atoms with van der Waals surface area (Å²) in [6, 6.07) is 3.55. The number of ketones is 1. The maximum atomic E-state index is 13.4. The third-order valence-electron chi connectivity index (χ3n) is 6.50. The van der Waals surface area contributed by atoms with Crippen LogP contribution >= 0.6 is 0 Å². The van der Waals surface area contributed by atoms with Crippen molar-refractivity contribution >= 4 is 47.1 Å². The van der Waals surface area contributed by atoms with Crippen molar-refractivity contribution in [3.8, 4) is 0 Å². The predicted molar refractivity (Wildman–Crippen MR) is 151 cm³/mol. The zero-order valence-electron chi connectivity index (χ0n) is 23.9. The third-order valence-corrected chi connectivity index (χ3v) is 6.50. The summed E-state index contributed by atoms with van der Waals surface area (Å²) in [5.41, 5.74) is 12.0. The summed E-state index contributed by atoms with van der Waals surface area (Å²) >= 11 is 0. The van der Waals surface area contributed by atoms with Crippen LogP contribution in [0.25, 0.3) is 0 Å². The fraction of sp³-hybridized carbons (Fsp3) is 0.464. The van der Waals surface area contributed by atoms with Gasteiger partial charge >= 0.3 is 12.0 Å². The number of hydrogen-bond acceptors (Lipinski definition) is 9. The van der Waals surface area contributed by atoms with E-state index < -0.39 is 65.3 Å². The Labute approximate surface area is 243 Å². The first-order chi connectivity index (χ1) is 19.8. The van der Waals surface area contributed by atoms with Gasteiger partial charge in [-0.1, -0.05) is 26.0 Å². The van der Waals surface area contributed by atoms with E-state index in [0.717, 1.165) is 17.1 Å². The second kappa shape index (κ2) is 16.0. The van der Waals surface area contributed by atoms with Crippen molar-refractivity contribution in [2.75, 3.05) is 18.4 Å². The highest BCUT2D eigenvalue weighted by Gasteiger charge is 2.37. The number of nitrogens with one attached hydrogen (secondary N) is 3. The maximum absolute atomic E-state index is 13.4. The Morgan fingerprint density at radius 3 is 2.12 bits per heavy atom. The number of nitrogens with zero attached hydrogens (tertiary/aromatic N) is 1. The standard InChI is InChI=1S/C28H38N6O8/c1-16(2)25(33-27(40)21(14-29)34-23(37)10-11-24(34)38)22(36)13-19(5-4-12-31-28(30)41)26(39)32-20-8-6-18(7-9-20)15-42-17(3)35/h6-11,16,19,21,25H,4-5,12-15,29H2,1-3H3,(H,32,39)(H,33,40)(H3,30,31,41)/t19-,21?,25+/m1/s1. The Morgan fingerprint density at radius 1 is 0.976 bits per heavy atom. The second-order valence-corrected chi connectivity index (χ2v) is 10.1. The van der Waals surface area contributed by atoms with E-state index in [4.69, 9.17) is 16.2 Å². The van der Waals surface area contributed by atoms with Crippen molar-refractivity contribution in [2.24, 2.45) is 23.3 Å². The number of benzene rings is 1. The van der Waals surface area contributed by atoms with Gasteiger partial charge in [0, 0.05) is 50.2 Å². The number of ether oxygens (including phenoxy) is 1. The van der Waals surface area contributed by atoms with Crippen molar-refractivity contribution in [2.45, 2.75) is 58.7 Å². The van der Waals surface area contributed by atoms with Gasteiger partial charge in [-0.15, -0.1) is 0 Å². The lowest BCUT2D eigenvalue weighted by molar-refractivity contribution is -0.145. The number of anilines is 1. The molecule has 14 nitrogen and oxygen atoms in total. The maximum Gasteiger partial charge on any atom is 0.312 e. The van der Waals surface area contributed by atoms with Gasteiger partial charge in [0.2, 0.25) is 11.8 Å². The molecular formula is C28H38N6O8. The highest BCUT2D eigenvalue weighted by Crippen LogP contribution is 2.20. The van der Waals surface area contributed by atoms with Crippen LogP contribution in [0.1, 0.15) is 45.6 Å². The highest BCUT2D eigenvalue weighted by atomic mass is 16.5. The average Bonchev–Trinajstić information content (AvgIpc) is 3.25. The number of nitrogens with two attached hydrogens (primary N) is 2. The Morgan fingerprint density at radius 2 is 1.60 bits per heavy atom. The molecule has 1 aromatic rings. The lowest BCUT2D eigenvalue weighted by Crippen LogP contribution is -2.57. The minimum Gasteiger partial charge on any atom is -0.461 e. The quantitative estimate of drug-likeness (QED) is 0.101. The molecule has 1 aromatic carbocycles. The third kappa shape index (κ3) is 10.1. The monoisotopic (exact) mass is 586 g/mol. The van der Waals surface area contributed by atoms with Crippen LogP contribution in [-0.2, 0) is 40.1 Å². The summed E-state index contributed by atoms with van der Waals surface area (Å²) in [7, 11) is 0. The fourth-order valence-corrected chi connectivity index (χ4v) is 4.29. The van der Waals surface area contributed by atoms with Crippen LogP contribution in [0.3, 0.4) is 0 Å². The molecular weight excluding hydrogens is 548 g/mol. The van der Waals surface area contributed by atoms with Crippen molar-refractivity contribution in [3.05, 3.63) is 42.0 Å². The zero-order chi connectivity index (χ0) is 31.4. The van der Waals surface area contributed by atoms with E-state index >= 15 is 0 Å². The van der Waals surface area contributed by atoms with Gasteiger partial charge in [0.1, 0.15) is 12.6 Å². The number of primary amides is 1. The zero-order valence-corrected chi connectivity index (χ0v) is 23.9. The summed E-state index contributed by atoms with van der Waals surface area (Å²) in [6.07, 6.45) is 2.39. The van der Waals surface area contributed by atoms with Crippen molar-refractivity contribution in [1.82, 2.24) is 15.5 Å². The Balaban J connectivity index is 2.15. The molecule has 7 N–H and O–H groups in total. The number of carbonyl (C=O) groups is 7.